The summed E-state index contributed by atoms with van der Waals surface area (Å²) < 4.78 is 5.12. The van der Waals surface area contributed by atoms with Crippen molar-refractivity contribution in [3.63, 3.8) is 0 Å². The van der Waals surface area contributed by atoms with Gasteiger partial charge in [0.15, 0.2) is 11.5 Å². The third-order valence-electron chi connectivity index (χ3n) is 3.49. The number of aromatic hydroxyl groups is 1. The van der Waals surface area contributed by atoms with Crippen molar-refractivity contribution in [3.8, 4) is 11.5 Å². The highest BCUT2D eigenvalue weighted by Crippen LogP contribution is 2.27. The number of nitrogens with one attached hydrogen (secondary N) is 1. The van der Waals surface area contributed by atoms with Crippen LogP contribution in [0.3, 0.4) is 0 Å². The summed E-state index contributed by atoms with van der Waals surface area (Å²) in [5, 5.41) is 15.4. The van der Waals surface area contributed by atoms with Gasteiger partial charge in [-0.3, -0.25) is 0 Å². The molecule has 0 aliphatic heterocycles. The molecular weight excluding hydrogens is 262 g/mol. The molecule has 0 aromatic heterocycles. The van der Waals surface area contributed by atoms with Crippen molar-refractivity contribution >= 4 is 16.5 Å². The zero-order valence-corrected chi connectivity index (χ0v) is 11.8. The largest absolute Gasteiger partial charge is 0.504 e. The van der Waals surface area contributed by atoms with Gasteiger partial charge in [0.05, 0.1) is 7.11 Å². The highest BCUT2D eigenvalue weighted by molar-refractivity contribution is 5.85. The molecule has 0 atom stereocenters. The number of ether oxygens (including phenoxy) is 1. The molecule has 0 saturated heterocycles. The minimum Gasteiger partial charge on any atom is -0.504 e. The normalized spacial score (nSPS) is 10.5. The number of hydrogen-bond donors (Lipinski definition) is 2. The van der Waals surface area contributed by atoms with Crippen LogP contribution in [0, 0.1) is 0 Å². The van der Waals surface area contributed by atoms with Crippen LogP contribution in [0.4, 0.5) is 5.69 Å². The summed E-state index contributed by atoms with van der Waals surface area (Å²) in [6, 6.07) is 20.0. The standard InChI is InChI=1S/C18H17NO2/c1-21-18-10-13(6-9-17(18)20)12-19-16-8-7-14-4-2-3-5-15(14)11-16/h2-11,19-20H,12H2,1H3. The Labute approximate surface area is 123 Å². The Hall–Kier alpha value is -2.68. The smallest absolute Gasteiger partial charge is 0.160 e. The highest BCUT2D eigenvalue weighted by atomic mass is 16.5. The van der Waals surface area contributed by atoms with Crippen molar-refractivity contribution in [1.29, 1.82) is 0 Å². The van der Waals surface area contributed by atoms with E-state index < -0.39 is 0 Å². The van der Waals surface area contributed by atoms with Crippen LogP contribution in [0.1, 0.15) is 5.56 Å². The first-order valence-electron chi connectivity index (χ1n) is 6.85. The van der Waals surface area contributed by atoms with E-state index >= 15 is 0 Å². The first-order chi connectivity index (χ1) is 10.3. The molecule has 0 unspecified atom stereocenters. The maximum Gasteiger partial charge on any atom is 0.160 e. The van der Waals surface area contributed by atoms with E-state index in [1.807, 2.05) is 24.3 Å². The summed E-state index contributed by atoms with van der Waals surface area (Å²) in [7, 11) is 1.55. The van der Waals surface area contributed by atoms with Crippen molar-refractivity contribution in [2.24, 2.45) is 0 Å². The van der Waals surface area contributed by atoms with Gasteiger partial charge < -0.3 is 15.2 Å². The number of hydrogen-bond acceptors (Lipinski definition) is 3. The van der Waals surface area contributed by atoms with Crippen LogP contribution in [0.2, 0.25) is 0 Å². The maximum absolute atomic E-state index is 9.59. The van der Waals surface area contributed by atoms with Crippen molar-refractivity contribution in [2.45, 2.75) is 6.54 Å². The molecule has 3 nitrogen and oxygen atoms in total. The first kappa shape index (κ1) is 13.3. The van der Waals surface area contributed by atoms with Gasteiger partial charge in [0, 0.05) is 12.2 Å². The number of phenolic OH excluding ortho intramolecular Hbond substituents is 1. The SMILES string of the molecule is COc1cc(CNc2ccc3ccccc3c2)ccc1O. The minimum atomic E-state index is 0.159. The lowest BCUT2D eigenvalue weighted by atomic mass is 10.1. The Morgan fingerprint density at radius 1 is 0.952 bits per heavy atom. The Morgan fingerprint density at radius 3 is 2.57 bits per heavy atom. The number of phenols is 1. The molecule has 0 amide bonds. The summed E-state index contributed by atoms with van der Waals surface area (Å²) in [4.78, 5) is 0. The summed E-state index contributed by atoms with van der Waals surface area (Å²) in [6.07, 6.45) is 0. The third-order valence-corrected chi connectivity index (χ3v) is 3.49. The predicted octanol–water partition coefficient (Wildman–Crippen LogP) is 4.17. The quantitative estimate of drug-likeness (QED) is 0.753. The van der Waals surface area contributed by atoms with Crippen molar-refractivity contribution < 1.29 is 9.84 Å². The fourth-order valence-corrected chi connectivity index (χ4v) is 2.34. The first-order valence-corrected chi connectivity index (χ1v) is 6.85. The second-order valence-electron chi connectivity index (χ2n) is 4.92. The molecule has 0 spiro atoms. The zero-order valence-electron chi connectivity index (χ0n) is 11.8. The highest BCUT2D eigenvalue weighted by Gasteiger charge is 2.03. The molecule has 0 bridgehead atoms. The Kier molecular flexibility index (Phi) is 3.65. The average molecular weight is 279 g/mol. The number of fused-ring (bicyclic) bond motifs is 1. The molecule has 0 radical (unpaired) electrons. The molecule has 0 heterocycles. The molecule has 106 valence electrons. The van der Waals surface area contributed by atoms with Crippen molar-refractivity contribution in [2.75, 3.05) is 12.4 Å². The average Bonchev–Trinajstić information content (AvgIpc) is 2.54. The molecule has 21 heavy (non-hydrogen) atoms. The lowest BCUT2D eigenvalue weighted by molar-refractivity contribution is 0.373. The van der Waals surface area contributed by atoms with E-state index in [2.05, 4.69) is 35.6 Å². The van der Waals surface area contributed by atoms with E-state index in [1.165, 1.54) is 10.8 Å². The van der Waals surface area contributed by atoms with Gasteiger partial charge in [0.1, 0.15) is 0 Å². The number of rotatable bonds is 4. The van der Waals surface area contributed by atoms with E-state index in [0.29, 0.717) is 12.3 Å². The molecular formula is C18H17NO2. The van der Waals surface area contributed by atoms with Gasteiger partial charge in [-0.25, -0.2) is 0 Å². The Bertz CT molecular complexity index is 768. The van der Waals surface area contributed by atoms with E-state index in [1.54, 1.807) is 13.2 Å². The summed E-state index contributed by atoms with van der Waals surface area (Å²) >= 11 is 0. The molecule has 0 saturated carbocycles. The van der Waals surface area contributed by atoms with Gasteiger partial charge in [0.25, 0.3) is 0 Å². The monoisotopic (exact) mass is 279 g/mol. The summed E-state index contributed by atoms with van der Waals surface area (Å²) in [5.41, 5.74) is 2.12. The van der Waals surface area contributed by atoms with Gasteiger partial charge >= 0.3 is 0 Å². The molecule has 2 N–H and O–H groups in total. The fraction of sp³-hybridized carbons (Fsp3) is 0.111. The van der Waals surface area contributed by atoms with Gasteiger partial charge in [-0.05, 0) is 40.6 Å². The molecule has 3 rings (SSSR count). The lowest BCUT2D eigenvalue weighted by Crippen LogP contribution is -1.99. The second-order valence-corrected chi connectivity index (χ2v) is 4.92. The molecule has 0 fully saturated rings. The lowest BCUT2D eigenvalue weighted by Gasteiger charge is -2.10. The van der Waals surface area contributed by atoms with Crippen molar-refractivity contribution in [3.05, 3.63) is 66.2 Å². The fourth-order valence-electron chi connectivity index (χ4n) is 2.34. The Balaban J connectivity index is 1.76. The predicted molar refractivity (Wildman–Crippen MR) is 85.9 cm³/mol. The van der Waals surface area contributed by atoms with E-state index in [9.17, 15) is 5.11 Å². The topological polar surface area (TPSA) is 41.5 Å². The molecule has 0 aliphatic carbocycles. The minimum absolute atomic E-state index is 0.159. The summed E-state index contributed by atoms with van der Waals surface area (Å²) in [6.45, 7) is 0.676. The molecule has 0 aliphatic rings. The van der Waals surface area contributed by atoms with Crippen LogP contribution in [0.25, 0.3) is 10.8 Å². The van der Waals surface area contributed by atoms with Crippen LogP contribution in [0.5, 0.6) is 11.5 Å². The number of anilines is 1. The van der Waals surface area contributed by atoms with Crippen LogP contribution in [0.15, 0.2) is 60.7 Å². The van der Waals surface area contributed by atoms with Crippen LogP contribution < -0.4 is 10.1 Å². The van der Waals surface area contributed by atoms with E-state index in [4.69, 9.17) is 4.74 Å². The molecule has 3 heteroatoms. The molecule has 3 aromatic rings. The Morgan fingerprint density at radius 2 is 1.76 bits per heavy atom. The molecule has 3 aromatic carbocycles. The van der Waals surface area contributed by atoms with Crippen LogP contribution >= 0.6 is 0 Å². The maximum atomic E-state index is 9.59. The third kappa shape index (κ3) is 2.92. The number of benzene rings is 3. The van der Waals surface area contributed by atoms with Crippen LogP contribution in [-0.2, 0) is 6.54 Å². The van der Waals surface area contributed by atoms with Gasteiger partial charge in [-0.2, -0.15) is 0 Å². The van der Waals surface area contributed by atoms with E-state index in [-0.39, 0.29) is 5.75 Å². The number of methoxy groups -OCH3 is 1. The van der Waals surface area contributed by atoms with Crippen LogP contribution in [-0.4, -0.2) is 12.2 Å². The van der Waals surface area contributed by atoms with Gasteiger partial charge in [-0.15, -0.1) is 0 Å². The van der Waals surface area contributed by atoms with Gasteiger partial charge in [0.2, 0.25) is 0 Å². The zero-order chi connectivity index (χ0) is 14.7. The van der Waals surface area contributed by atoms with Gasteiger partial charge in [-0.1, -0.05) is 36.4 Å². The summed E-state index contributed by atoms with van der Waals surface area (Å²) in [5.74, 6) is 0.653. The van der Waals surface area contributed by atoms with E-state index in [0.717, 1.165) is 11.3 Å². The second kappa shape index (κ2) is 5.75. The van der Waals surface area contributed by atoms with Crippen molar-refractivity contribution in [1.82, 2.24) is 0 Å².